The third-order valence-corrected chi connectivity index (χ3v) is 4.03. The fraction of sp³-hybridized carbons (Fsp3) is 0.278. The number of aliphatic hydroxyl groups excluding tert-OH is 1. The van der Waals surface area contributed by atoms with Crippen LogP contribution >= 0.6 is 0 Å². The molecule has 0 saturated heterocycles. The molecule has 3 nitrogen and oxygen atoms in total. The lowest BCUT2D eigenvalue weighted by Crippen LogP contribution is -2.37. The summed E-state index contributed by atoms with van der Waals surface area (Å²) in [5.74, 6) is -0.346. The predicted octanol–water partition coefficient (Wildman–Crippen LogP) is 3.15. The molecule has 0 saturated carbocycles. The van der Waals surface area contributed by atoms with Gasteiger partial charge in [0.2, 0.25) is 5.91 Å². The van der Waals surface area contributed by atoms with Crippen LogP contribution in [-0.4, -0.2) is 17.6 Å². The Morgan fingerprint density at radius 3 is 2.73 bits per heavy atom. The fourth-order valence-electron chi connectivity index (χ4n) is 2.85. The second kappa shape index (κ2) is 5.89. The number of halogens is 1. The summed E-state index contributed by atoms with van der Waals surface area (Å²) in [6.07, 6.45) is 0.236. The lowest BCUT2D eigenvalue weighted by molar-refractivity contribution is -0.118. The number of carbonyl (C=O) groups excluding carboxylic acids is 1. The number of aliphatic hydroxyl groups is 1. The minimum atomic E-state index is -0.523. The van der Waals surface area contributed by atoms with Crippen LogP contribution in [0, 0.1) is 12.7 Å². The first kappa shape index (κ1) is 14.7. The van der Waals surface area contributed by atoms with Gasteiger partial charge in [0.25, 0.3) is 0 Å². The van der Waals surface area contributed by atoms with Crippen molar-refractivity contribution in [3.8, 4) is 0 Å². The van der Waals surface area contributed by atoms with Gasteiger partial charge in [-0.2, -0.15) is 0 Å². The van der Waals surface area contributed by atoms with Crippen LogP contribution in [0.5, 0.6) is 0 Å². The third kappa shape index (κ3) is 2.88. The number of nitrogens with zero attached hydrogens (tertiary/aromatic N) is 1. The van der Waals surface area contributed by atoms with Crippen LogP contribution in [0.15, 0.2) is 42.5 Å². The van der Waals surface area contributed by atoms with Gasteiger partial charge in [-0.1, -0.05) is 29.8 Å². The van der Waals surface area contributed by atoms with Crippen LogP contribution in [0.4, 0.5) is 10.1 Å². The maximum atomic E-state index is 12.9. The summed E-state index contributed by atoms with van der Waals surface area (Å²) in [5, 5.41) is 10.1. The van der Waals surface area contributed by atoms with Crippen molar-refractivity contribution in [1.29, 1.82) is 0 Å². The quantitative estimate of drug-likeness (QED) is 0.925. The smallest absolute Gasteiger partial charge is 0.231 e. The van der Waals surface area contributed by atoms with E-state index in [0.29, 0.717) is 13.0 Å². The first-order valence-electron chi connectivity index (χ1n) is 7.38. The molecule has 1 atom stereocenters. The SMILES string of the molecule is Cc1ccc2c(c1)C(O)CCN2C(=O)Cc1ccc(F)cc1. The summed E-state index contributed by atoms with van der Waals surface area (Å²) in [4.78, 5) is 14.3. The normalized spacial score (nSPS) is 17.2. The van der Waals surface area contributed by atoms with Gasteiger partial charge < -0.3 is 10.0 Å². The molecule has 22 heavy (non-hydrogen) atoms. The van der Waals surface area contributed by atoms with E-state index in [0.717, 1.165) is 22.4 Å². The number of carbonyl (C=O) groups is 1. The van der Waals surface area contributed by atoms with Crippen LogP contribution < -0.4 is 4.90 Å². The van der Waals surface area contributed by atoms with Crippen molar-refractivity contribution >= 4 is 11.6 Å². The van der Waals surface area contributed by atoms with Crippen LogP contribution in [0.25, 0.3) is 0 Å². The maximum absolute atomic E-state index is 12.9. The number of hydrogen-bond donors (Lipinski definition) is 1. The minimum absolute atomic E-state index is 0.0383. The number of hydrogen-bond acceptors (Lipinski definition) is 2. The predicted molar refractivity (Wildman–Crippen MR) is 83.2 cm³/mol. The molecule has 0 bridgehead atoms. The molecule has 2 aromatic rings. The van der Waals surface area contributed by atoms with Gasteiger partial charge in [0.05, 0.1) is 12.5 Å². The lowest BCUT2D eigenvalue weighted by Gasteiger charge is -2.32. The minimum Gasteiger partial charge on any atom is -0.388 e. The van der Waals surface area contributed by atoms with Crippen molar-refractivity contribution in [2.45, 2.75) is 25.9 Å². The summed E-state index contributed by atoms with van der Waals surface area (Å²) < 4.78 is 12.9. The molecule has 114 valence electrons. The van der Waals surface area contributed by atoms with E-state index in [1.165, 1.54) is 12.1 Å². The highest BCUT2D eigenvalue weighted by atomic mass is 19.1. The Hall–Kier alpha value is -2.20. The van der Waals surface area contributed by atoms with E-state index < -0.39 is 6.10 Å². The topological polar surface area (TPSA) is 40.5 Å². The van der Waals surface area contributed by atoms with Gasteiger partial charge in [-0.3, -0.25) is 4.79 Å². The van der Waals surface area contributed by atoms with E-state index in [1.54, 1.807) is 17.0 Å². The Morgan fingerprint density at radius 1 is 1.27 bits per heavy atom. The molecule has 4 heteroatoms. The summed E-state index contributed by atoms with van der Waals surface area (Å²) in [6.45, 7) is 2.46. The van der Waals surface area contributed by atoms with E-state index in [1.807, 2.05) is 25.1 Å². The van der Waals surface area contributed by atoms with Gasteiger partial charge in [-0.25, -0.2) is 4.39 Å². The van der Waals surface area contributed by atoms with Crippen LogP contribution in [0.1, 0.15) is 29.2 Å². The van der Waals surface area contributed by atoms with Gasteiger partial charge in [0.1, 0.15) is 5.82 Å². The van der Waals surface area contributed by atoms with E-state index >= 15 is 0 Å². The summed E-state index contributed by atoms with van der Waals surface area (Å²) in [5.41, 5.74) is 3.42. The molecule has 0 fully saturated rings. The van der Waals surface area contributed by atoms with E-state index in [-0.39, 0.29) is 18.1 Å². The molecular formula is C18H18FNO2. The first-order chi connectivity index (χ1) is 10.5. The van der Waals surface area contributed by atoms with Gasteiger partial charge in [0, 0.05) is 17.8 Å². The van der Waals surface area contributed by atoms with Gasteiger partial charge >= 0.3 is 0 Å². The second-order valence-electron chi connectivity index (χ2n) is 5.72. The van der Waals surface area contributed by atoms with E-state index in [2.05, 4.69) is 0 Å². The number of aryl methyl sites for hydroxylation is 1. The summed E-state index contributed by atoms with van der Waals surface area (Å²) in [6, 6.07) is 11.7. The molecule has 1 N–H and O–H groups in total. The van der Waals surface area contributed by atoms with Crippen LogP contribution in [0.2, 0.25) is 0 Å². The Kier molecular flexibility index (Phi) is 3.94. The Labute approximate surface area is 129 Å². The van der Waals surface area contributed by atoms with Crippen LogP contribution in [-0.2, 0) is 11.2 Å². The molecule has 0 aromatic heterocycles. The summed E-state index contributed by atoms with van der Waals surface area (Å²) in [7, 11) is 0. The van der Waals surface area contributed by atoms with E-state index in [4.69, 9.17) is 0 Å². The highest BCUT2D eigenvalue weighted by Crippen LogP contribution is 2.34. The number of rotatable bonds is 2. The molecule has 1 heterocycles. The third-order valence-electron chi connectivity index (χ3n) is 4.03. The highest BCUT2D eigenvalue weighted by molar-refractivity contribution is 5.96. The standard InChI is InChI=1S/C18H18FNO2/c1-12-2-7-16-15(10-12)17(21)8-9-20(16)18(22)11-13-3-5-14(19)6-4-13/h2-7,10,17,21H,8-9,11H2,1H3. The fourth-order valence-corrected chi connectivity index (χ4v) is 2.85. The number of anilines is 1. The van der Waals surface area contributed by atoms with Crippen molar-refractivity contribution in [3.63, 3.8) is 0 Å². The Balaban J connectivity index is 1.85. The van der Waals surface area contributed by atoms with Crippen molar-refractivity contribution in [3.05, 3.63) is 65.0 Å². The first-order valence-corrected chi connectivity index (χ1v) is 7.38. The van der Waals surface area contributed by atoms with Crippen molar-refractivity contribution in [2.75, 3.05) is 11.4 Å². The van der Waals surface area contributed by atoms with Crippen LogP contribution in [0.3, 0.4) is 0 Å². The van der Waals surface area contributed by atoms with Crippen molar-refractivity contribution in [1.82, 2.24) is 0 Å². The van der Waals surface area contributed by atoms with Gasteiger partial charge in [-0.05, 0) is 37.1 Å². The number of benzene rings is 2. The molecular weight excluding hydrogens is 281 g/mol. The molecule has 0 spiro atoms. The second-order valence-corrected chi connectivity index (χ2v) is 5.72. The molecule has 1 aliphatic heterocycles. The average molecular weight is 299 g/mol. The van der Waals surface area contributed by atoms with Crippen molar-refractivity contribution < 1.29 is 14.3 Å². The molecule has 3 rings (SSSR count). The zero-order valence-corrected chi connectivity index (χ0v) is 12.4. The molecule has 1 unspecified atom stereocenters. The number of amides is 1. The molecule has 1 amide bonds. The largest absolute Gasteiger partial charge is 0.388 e. The van der Waals surface area contributed by atoms with E-state index in [9.17, 15) is 14.3 Å². The van der Waals surface area contributed by atoms with Gasteiger partial charge in [0.15, 0.2) is 0 Å². The Morgan fingerprint density at radius 2 is 2.00 bits per heavy atom. The maximum Gasteiger partial charge on any atom is 0.231 e. The zero-order chi connectivity index (χ0) is 15.7. The highest BCUT2D eigenvalue weighted by Gasteiger charge is 2.27. The zero-order valence-electron chi connectivity index (χ0n) is 12.4. The lowest BCUT2D eigenvalue weighted by atomic mass is 9.96. The molecule has 0 aliphatic carbocycles. The molecule has 0 radical (unpaired) electrons. The average Bonchev–Trinajstić information content (AvgIpc) is 2.50. The molecule has 2 aromatic carbocycles. The molecule has 1 aliphatic rings. The summed E-state index contributed by atoms with van der Waals surface area (Å²) >= 11 is 0. The number of fused-ring (bicyclic) bond motifs is 1. The van der Waals surface area contributed by atoms with Crippen molar-refractivity contribution in [2.24, 2.45) is 0 Å². The monoisotopic (exact) mass is 299 g/mol. The van der Waals surface area contributed by atoms with Gasteiger partial charge in [-0.15, -0.1) is 0 Å². The Bertz CT molecular complexity index is 697.